The fourth-order valence-corrected chi connectivity index (χ4v) is 3.56. The number of nitrogens with one attached hydrogen (secondary N) is 1. The minimum atomic E-state index is -0.987. The van der Waals surface area contributed by atoms with Crippen LogP contribution >= 0.6 is 11.6 Å². The molecule has 1 saturated carbocycles. The molecule has 2 atom stereocenters. The van der Waals surface area contributed by atoms with Gasteiger partial charge >= 0.3 is 18.0 Å². The molecule has 160 valence electrons. The summed E-state index contributed by atoms with van der Waals surface area (Å²) in [6, 6.07) is 6.57. The summed E-state index contributed by atoms with van der Waals surface area (Å²) in [5, 5.41) is 12.6. The predicted molar refractivity (Wildman–Crippen MR) is 108 cm³/mol. The molecule has 0 heterocycles. The van der Waals surface area contributed by atoms with Crippen molar-refractivity contribution in [3.63, 3.8) is 0 Å². The number of rotatable bonds is 9. The highest BCUT2D eigenvalue weighted by molar-refractivity contribution is 6.30. The smallest absolute Gasteiger partial charge is 0.410 e. The molecule has 0 aromatic heterocycles. The third kappa shape index (κ3) is 7.57. The summed E-state index contributed by atoms with van der Waals surface area (Å²) >= 11 is 5.84. The van der Waals surface area contributed by atoms with Gasteiger partial charge in [-0.3, -0.25) is 9.59 Å². The van der Waals surface area contributed by atoms with Crippen LogP contribution in [0.4, 0.5) is 4.79 Å². The van der Waals surface area contributed by atoms with Crippen molar-refractivity contribution in [3.8, 4) is 0 Å². The monoisotopic (exact) mass is 425 g/mol. The van der Waals surface area contributed by atoms with Crippen molar-refractivity contribution in [1.29, 1.82) is 0 Å². The molecule has 8 heteroatoms. The number of hydrogen-bond donors (Lipinski definition) is 2. The minimum Gasteiger partial charge on any atom is -0.481 e. The second-order valence-electron chi connectivity index (χ2n) is 7.17. The summed E-state index contributed by atoms with van der Waals surface area (Å²) in [6.45, 7) is 1.79. The first-order valence-corrected chi connectivity index (χ1v) is 10.4. The summed E-state index contributed by atoms with van der Waals surface area (Å²) in [5.41, 5.74) is 0.606. The first-order valence-electron chi connectivity index (χ1n) is 10.0. The molecule has 2 N–H and O–H groups in total. The van der Waals surface area contributed by atoms with Gasteiger partial charge in [0.2, 0.25) is 0 Å². The van der Waals surface area contributed by atoms with E-state index in [2.05, 4.69) is 5.32 Å². The summed E-state index contributed by atoms with van der Waals surface area (Å²) in [7, 11) is 0. The summed E-state index contributed by atoms with van der Waals surface area (Å²) in [5.74, 6) is -2.19. The molecule has 1 aromatic rings. The van der Waals surface area contributed by atoms with Crippen molar-refractivity contribution in [3.05, 3.63) is 34.9 Å². The van der Waals surface area contributed by atoms with Crippen molar-refractivity contribution in [1.82, 2.24) is 5.32 Å². The average molecular weight is 426 g/mol. The van der Waals surface area contributed by atoms with Gasteiger partial charge in [0, 0.05) is 23.9 Å². The summed E-state index contributed by atoms with van der Waals surface area (Å²) in [6.07, 6.45) is 3.59. The Balaban J connectivity index is 1.88. The zero-order valence-electron chi connectivity index (χ0n) is 16.6. The number of benzene rings is 1. The van der Waals surface area contributed by atoms with Crippen LogP contribution in [0.15, 0.2) is 24.3 Å². The van der Waals surface area contributed by atoms with Crippen LogP contribution in [-0.2, 0) is 19.1 Å². The van der Waals surface area contributed by atoms with Crippen molar-refractivity contribution >= 4 is 29.6 Å². The zero-order chi connectivity index (χ0) is 21.2. The van der Waals surface area contributed by atoms with Crippen LogP contribution in [0.3, 0.4) is 0 Å². The van der Waals surface area contributed by atoms with Gasteiger partial charge in [-0.1, -0.05) is 49.9 Å². The second-order valence-corrected chi connectivity index (χ2v) is 7.61. The van der Waals surface area contributed by atoms with Crippen molar-refractivity contribution in [2.45, 2.75) is 64.1 Å². The molecule has 7 nitrogen and oxygen atoms in total. The van der Waals surface area contributed by atoms with E-state index in [1.54, 1.807) is 31.2 Å². The lowest BCUT2D eigenvalue weighted by molar-refractivity contribution is -0.178. The van der Waals surface area contributed by atoms with Crippen LogP contribution in [0, 0.1) is 5.92 Å². The summed E-state index contributed by atoms with van der Waals surface area (Å²) < 4.78 is 10.7. The highest BCUT2D eigenvalue weighted by atomic mass is 35.5. The molecular weight excluding hydrogens is 398 g/mol. The highest BCUT2D eigenvalue weighted by Gasteiger charge is 2.30. The van der Waals surface area contributed by atoms with Crippen LogP contribution in [0.5, 0.6) is 0 Å². The lowest BCUT2D eigenvalue weighted by Crippen LogP contribution is -2.37. The molecule has 0 saturated heterocycles. The number of amides is 1. The Morgan fingerprint density at radius 1 is 1.14 bits per heavy atom. The van der Waals surface area contributed by atoms with E-state index in [1.165, 1.54) is 0 Å². The molecule has 2 rings (SSSR count). The number of alkyl carbamates (subject to hydrolysis) is 1. The molecule has 0 aliphatic heterocycles. The Kier molecular flexibility index (Phi) is 9.25. The van der Waals surface area contributed by atoms with E-state index >= 15 is 0 Å². The van der Waals surface area contributed by atoms with Gasteiger partial charge in [0.05, 0.1) is 5.92 Å². The van der Waals surface area contributed by atoms with E-state index in [9.17, 15) is 19.5 Å². The van der Waals surface area contributed by atoms with Crippen LogP contribution < -0.4 is 5.32 Å². The Morgan fingerprint density at radius 2 is 1.79 bits per heavy atom. The van der Waals surface area contributed by atoms with Crippen molar-refractivity contribution < 1.29 is 29.0 Å². The highest BCUT2D eigenvalue weighted by Crippen LogP contribution is 2.29. The normalized spacial score (nSPS) is 16.5. The number of esters is 1. The van der Waals surface area contributed by atoms with Gasteiger partial charge in [0.1, 0.15) is 0 Å². The quantitative estimate of drug-likeness (QED) is 0.446. The van der Waals surface area contributed by atoms with Gasteiger partial charge in [0.25, 0.3) is 6.29 Å². The zero-order valence-corrected chi connectivity index (χ0v) is 17.3. The van der Waals surface area contributed by atoms with Crippen LogP contribution in [0.2, 0.25) is 5.02 Å². The van der Waals surface area contributed by atoms with Gasteiger partial charge in [-0.25, -0.2) is 4.79 Å². The third-order valence-corrected chi connectivity index (χ3v) is 5.32. The Labute approximate surface area is 175 Å². The van der Waals surface area contributed by atoms with Gasteiger partial charge in [-0.2, -0.15) is 0 Å². The van der Waals surface area contributed by atoms with E-state index in [0.29, 0.717) is 10.6 Å². The fourth-order valence-electron chi connectivity index (χ4n) is 3.43. The van der Waals surface area contributed by atoms with Crippen molar-refractivity contribution in [2.24, 2.45) is 5.92 Å². The number of ether oxygens (including phenoxy) is 2. The third-order valence-electron chi connectivity index (χ3n) is 5.07. The Bertz CT molecular complexity index is 687. The minimum absolute atomic E-state index is 0.00849. The molecule has 1 aliphatic rings. The molecule has 1 aliphatic carbocycles. The molecule has 29 heavy (non-hydrogen) atoms. The Hall–Kier alpha value is -2.28. The van der Waals surface area contributed by atoms with Gasteiger partial charge in [0.15, 0.2) is 0 Å². The van der Waals surface area contributed by atoms with E-state index < -0.39 is 30.2 Å². The van der Waals surface area contributed by atoms with Crippen LogP contribution in [0.1, 0.15) is 63.4 Å². The number of hydrogen-bond acceptors (Lipinski definition) is 5. The number of carboxylic acid groups (broad SMARTS) is 1. The second kappa shape index (κ2) is 11.7. The maximum absolute atomic E-state index is 12.2. The predicted octanol–water partition coefficient (Wildman–Crippen LogP) is 4.48. The molecule has 1 amide bonds. The van der Waals surface area contributed by atoms with Gasteiger partial charge in [-0.15, -0.1) is 0 Å². The number of carbonyl (C=O) groups is 3. The standard InChI is InChI=1S/C21H28ClNO6/c1-2-18(24)28-20(15-6-4-3-5-7-15)29-21(27)23-13-12-17(19(25)26)14-8-10-16(22)11-9-14/h8-11,15,17,20H,2-7,12-13H2,1H3,(H,23,27)(H,25,26). The van der Waals surface area contributed by atoms with Crippen LogP contribution in [0.25, 0.3) is 0 Å². The Morgan fingerprint density at radius 3 is 2.38 bits per heavy atom. The molecule has 0 radical (unpaired) electrons. The van der Waals surface area contributed by atoms with Crippen molar-refractivity contribution in [2.75, 3.05) is 6.54 Å². The molecule has 2 unspecified atom stereocenters. The van der Waals surface area contributed by atoms with E-state index in [1.807, 2.05) is 0 Å². The first kappa shape index (κ1) is 23.0. The SMILES string of the molecule is CCC(=O)OC(OC(=O)NCCC(C(=O)O)c1ccc(Cl)cc1)C1CCCCC1. The summed E-state index contributed by atoms with van der Waals surface area (Å²) in [4.78, 5) is 35.5. The first-order chi connectivity index (χ1) is 13.9. The number of carboxylic acids is 1. The molecular formula is C21H28ClNO6. The maximum atomic E-state index is 12.2. The number of aliphatic carboxylic acids is 1. The lowest BCUT2D eigenvalue weighted by atomic mass is 9.89. The topological polar surface area (TPSA) is 102 Å². The molecule has 0 bridgehead atoms. The molecule has 1 fully saturated rings. The largest absolute Gasteiger partial charge is 0.481 e. The van der Waals surface area contributed by atoms with Gasteiger partial charge < -0.3 is 19.9 Å². The van der Waals surface area contributed by atoms with Crippen LogP contribution in [-0.4, -0.2) is 36.0 Å². The fraction of sp³-hybridized carbons (Fsp3) is 0.571. The lowest BCUT2D eigenvalue weighted by Gasteiger charge is -2.29. The van der Waals surface area contributed by atoms with Gasteiger partial charge in [-0.05, 0) is 37.0 Å². The molecule has 1 aromatic carbocycles. The number of carbonyl (C=O) groups excluding carboxylic acids is 2. The van der Waals surface area contributed by atoms with E-state index in [-0.39, 0.29) is 25.3 Å². The van der Waals surface area contributed by atoms with E-state index in [4.69, 9.17) is 21.1 Å². The van der Waals surface area contributed by atoms with E-state index in [0.717, 1.165) is 32.1 Å². The maximum Gasteiger partial charge on any atom is 0.410 e. The number of halogens is 1. The average Bonchev–Trinajstić information content (AvgIpc) is 2.72. The molecule has 0 spiro atoms.